The first kappa shape index (κ1) is 14.5. The van der Waals surface area contributed by atoms with Crippen LogP contribution in [0.25, 0.3) is 0 Å². The van der Waals surface area contributed by atoms with E-state index >= 15 is 0 Å². The van der Waals surface area contributed by atoms with E-state index in [0.29, 0.717) is 30.4 Å². The molecular formula is C13H17ClO4S. The topological polar surface area (TPSA) is 52.6 Å². The number of alkyl halides is 1. The molecule has 1 aromatic rings. The van der Waals surface area contributed by atoms with Gasteiger partial charge in [-0.3, -0.25) is 0 Å². The van der Waals surface area contributed by atoms with Crippen LogP contribution >= 0.6 is 11.6 Å². The largest absolute Gasteiger partial charge is 0.490 e. The van der Waals surface area contributed by atoms with E-state index in [-0.39, 0.29) is 17.6 Å². The van der Waals surface area contributed by atoms with E-state index in [2.05, 4.69) is 0 Å². The van der Waals surface area contributed by atoms with Crippen LogP contribution in [-0.2, 0) is 15.7 Å². The fraction of sp³-hybridized carbons (Fsp3) is 0.538. The van der Waals surface area contributed by atoms with Gasteiger partial charge in [0.05, 0.1) is 18.1 Å². The van der Waals surface area contributed by atoms with Gasteiger partial charge in [0.1, 0.15) is 6.10 Å². The number of sulfone groups is 1. The van der Waals surface area contributed by atoms with Gasteiger partial charge in [-0.25, -0.2) is 8.42 Å². The number of hydrogen-bond acceptors (Lipinski definition) is 4. The minimum atomic E-state index is -2.94. The van der Waals surface area contributed by atoms with Crippen LogP contribution in [0.2, 0.25) is 0 Å². The van der Waals surface area contributed by atoms with Crippen LogP contribution in [0.15, 0.2) is 18.2 Å². The van der Waals surface area contributed by atoms with Crippen LogP contribution in [0.5, 0.6) is 11.5 Å². The number of benzene rings is 1. The summed E-state index contributed by atoms with van der Waals surface area (Å²) in [5, 5.41) is 0. The molecule has 106 valence electrons. The number of rotatable bonds is 5. The fourth-order valence-electron chi connectivity index (χ4n) is 2.03. The standard InChI is InChI=1S/C13H17ClO4S/c1-2-17-13-7-10(8-14)3-4-12(13)18-11-5-6-19(15,16)9-11/h3-4,7,11H,2,5-6,8-9H2,1H3. The Bertz CT molecular complexity index is 542. The van der Waals surface area contributed by atoms with Gasteiger partial charge in [-0.05, 0) is 31.0 Å². The lowest BCUT2D eigenvalue weighted by Gasteiger charge is -2.16. The molecule has 2 rings (SSSR count). The Balaban J connectivity index is 2.15. The summed E-state index contributed by atoms with van der Waals surface area (Å²) in [4.78, 5) is 0. The van der Waals surface area contributed by atoms with Crippen LogP contribution in [-0.4, -0.2) is 32.6 Å². The quantitative estimate of drug-likeness (QED) is 0.784. The number of halogens is 1. The first-order valence-electron chi connectivity index (χ1n) is 6.23. The monoisotopic (exact) mass is 304 g/mol. The molecular weight excluding hydrogens is 288 g/mol. The van der Waals surface area contributed by atoms with Gasteiger partial charge in [0, 0.05) is 5.88 Å². The Morgan fingerprint density at radius 2 is 2.16 bits per heavy atom. The SMILES string of the molecule is CCOc1cc(CCl)ccc1OC1CCS(=O)(=O)C1. The van der Waals surface area contributed by atoms with Gasteiger partial charge in [0.25, 0.3) is 0 Å². The Hall–Kier alpha value is -0.940. The summed E-state index contributed by atoms with van der Waals surface area (Å²) in [5.74, 6) is 1.87. The van der Waals surface area contributed by atoms with Crippen molar-refractivity contribution in [2.45, 2.75) is 25.3 Å². The van der Waals surface area contributed by atoms with E-state index in [1.165, 1.54) is 0 Å². The maximum absolute atomic E-state index is 11.4. The predicted octanol–water partition coefficient (Wildman–Crippen LogP) is 2.39. The molecule has 0 bridgehead atoms. The molecule has 1 unspecified atom stereocenters. The van der Waals surface area contributed by atoms with Crippen LogP contribution in [0.3, 0.4) is 0 Å². The Morgan fingerprint density at radius 1 is 1.37 bits per heavy atom. The van der Waals surface area contributed by atoms with Crippen molar-refractivity contribution in [2.75, 3.05) is 18.1 Å². The second-order valence-electron chi connectivity index (χ2n) is 4.49. The highest BCUT2D eigenvalue weighted by molar-refractivity contribution is 7.91. The second kappa shape index (κ2) is 6.01. The van der Waals surface area contributed by atoms with Crippen LogP contribution in [0.4, 0.5) is 0 Å². The maximum atomic E-state index is 11.4. The molecule has 0 spiro atoms. The van der Waals surface area contributed by atoms with E-state index in [1.54, 1.807) is 6.07 Å². The van der Waals surface area contributed by atoms with E-state index in [4.69, 9.17) is 21.1 Å². The molecule has 1 aliphatic heterocycles. The molecule has 19 heavy (non-hydrogen) atoms. The average molecular weight is 305 g/mol. The molecule has 0 aliphatic carbocycles. The second-order valence-corrected chi connectivity index (χ2v) is 6.99. The highest BCUT2D eigenvalue weighted by atomic mass is 35.5. The Labute approximate surface area is 118 Å². The highest BCUT2D eigenvalue weighted by Crippen LogP contribution is 2.31. The van der Waals surface area contributed by atoms with Crippen molar-refractivity contribution >= 4 is 21.4 Å². The zero-order chi connectivity index (χ0) is 13.9. The van der Waals surface area contributed by atoms with E-state index in [0.717, 1.165) is 5.56 Å². The Kier molecular flexibility index (Phi) is 4.58. The van der Waals surface area contributed by atoms with Crippen molar-refractivity contribution in [3.8, 4) is 11.5 Å². The van der Waals surface area contributed by atoms with Crippen molar-refractivity contribution in [1.82, 2.24) is 0 Å². The third-order valence-electron chi connectivity index (χ3n) is 2.95. The molecule has 1 saturated heterocycles. The molecule has 1 aromatic carbocycles. The summed E-state index contributed by atoms with van der Waals surface area (Å²) in [7, 11) is -2.94. The van der Waals surface area contributed by atoms with Gasteiger partial charge in [-0.1, -0.05) is 6.07 Å². The third-order valence-corrected chi connectivity index (χ3v) is 4.99. The number of hydrogen-bond donors (Lipinski definition) is 0. The zero-order valence-corrected chi connectivity index (χ0v) is 12.3. The molecule has 0 amide bonds. The van der Waals surface area contributed by atoms with Crippen LogP contribution in [0.1, 0.15) is 18.9 Å². The van der Waals surface area contributed by atoms with E-state index in [9.17, 15) is 8.42 Å². The molecule has 4 nitrogen and oxygen atoms in total. The minimum Gasteiger partial charge on any atom is -0.490 e. The number of ether oxygens (including phenoxy) is 2. The lowest BCUT2D eigenvalue weighted by Crippen LogP contribution is -2.18. The third kappa shape index (κ3) is 3.76. The molecule has 1 atom stereocenters. The van der Waals surface area contributed by atoms with Crippen molar-refractivity contribution in [2.24, 2.45) is 0 Å². The molecule has 6 heteroatoms. The molecule has 1 fully saturated rings. The van der Waals surface area contributed by atoms with Crippen LogP contribution in [0, 0.1) is 0 Å². The van der Waals surface area contributed by atoms with Gasteiger partial charge in [0.15, 0.2) is 21.3 Å². The predicted molar refractivity (Wildman–Crippen MR) is 74.9 cm³/mol. The summed E-state index contributed by atoms with van der Waals surface area (Å²) in [5.41, 5.74) is 0.941. The van der Waals surface area contributed by atoms with Crippen molar-refractivity contribution in [1.29, 1.82) is 0 Å². The summed E-state index contributed by atoms with van der Waals surface area (Å²) in [6.45, 7) is 2.41. The molecule has 0 radical (unpaired) electrons. The van der Waals surface area contributed by atoms with Crippen molar-refractivity contribution in [3.63, 3.8) is 0 Å². The molecule has 0 aromatic heterocycles. The van der Waals surface area contributed by atoms with E-state index < -0.39 is 9.84 Å². The average Bonchev–Trinajstić information content (AvgIpc) is 2.71. The first-order valence-corrected chi connectivity index (χ1v) is 8.58. The van der Waals surface area contributed by atoms with Gasteiger partial charge >= 0.3 is 0 Å². The summed E-state index contributed by atoms with van der Waals surface area (Å²) >= 11 is 5.78. The van der Waals surface area contributed by atoms with Gasteiger partial charge < -0.3 is 9.47 Å². The Morgan fingerprint density at radius 3 is 2.74 bits per heavy atom. The highest BCUT2D eigenvalue weighted by Gasteiger charge is 2.30. The zero-order valence-electron chi connectivity index (χ0n) is 10.8. The van der Waals surface area contributed by atoms with Crippen LogP contribution < -0.4 is 9.47 Å². The van der Waals surface area contributed by atoms with Gasteiger partial charge in [-0.2, -0.15) is 0 Å². The molecule has 0 N–H and O–H groups in total. The summed E-state index contributed by atoms with van der Waals surface area (Å²) < 4.78 is 34.1. The lowest BCUT2D eigenvalue weighted by molar-refractivity contribution is 0.213. The summed E-state index contributed by atoms with van der Waals surface area (Å²) in [6, 6.07) is 5.47. The molecule has 0 saturated carbocycles. The lowest BCUT2D eigenvalue weighted by atomic mass is 10.2. The minimum absolute atomic E-state index is 0.0792. The normalized spacial score (nSPS) is 21.3. The molecule has 1 aliphatic rings. The maximum Gasteiger partial charge on any atom is 0.161 e. The van der Waals surface area contributed by atoms with Gasteiger partial charge in [0.2, 0.25) is 0 Å². The van der Waals surface area contributed by atoms with Crippen molar-refractivity contribution in [3.05, 3.63) is 23.8 Å². The van der Waals surface area contributed by atoms with E-state index in [1.807, 2.05) is 19.1 Å². The molecule has 1 heterocycles. The smallest absolute Gasteiger partial charge is 0.161 e. The summed E-state index contributed by atoms with van der Waals surface area (Å²) in [6.07, 6.45) is 0.247. The first-order chi connectivity index (χ1) is 9.04. The van der Waals surface area contributed by atoms with Gasteiger partial charge in [-0.15, -0.1) is 11.6 Å². The van der Waals surface area contributed by atoms with Crippen molar-refractivity contribution < 1.29 is 17.9 Å². The fourth-order valence-corrected chi connectivity index (χ4v) is 3.79.